The second-order valence-electron chi connectivity index (χ2n) is 10.4. The number of pyridine rings is 1. The summed E-state index contributed by atoms with van der Waals surface area (Å²) in [4.78, 5) is 18.5. The number of rotatable bonds is 12. The van der Waals surface area contributed by atoms with E-state index in [1.165, 1.54) is 5.56 Å². The number of aromatic nitrogens is 5. The molecule has 2 aromatic heterocycles. The number of nitrogens with one attached hydrogen (secondary N) is 1. The Kier molecular flexibility index (Phi) is 8.83. The van der Waals surface area contributed by atoms with Crippen LogP contribution in [0.4, 0.5) is 0 Å². The molecule has 0 aliphatic carbocycles. The molecule has 0 saturated heterocycles. The van der Waals surface area contributed by atoms with Crippen molar-refractivity contribution in [2.75, 3.05) is 27.9 Å². The molecule has 5 aromatic rings. The Hall–Kier alpha value is -4.70. The molecular formula is C32H36N6O4. The van der Waals surface area contributed by atoms with Crippen LogP contribution in [0, 0.1) is 13.8 Å². The first kappa shape index (κ1) is 28.8. The van der Waals surface area contributed by atoms with Crippen LogP contribution in [0.25, 0.3) is 10.9 Å². The highest BCUT2D eigenvalue weighted by Crippen LogP contribution is 2.28. The highest BCUT2D eigenvalue weighted by Gasteiger charge is 2.17. The maximum absolute atomic E-state index is 13.2. The predicted octanol–water partition coefficient (Wildman–Crippen LogP) is 4.45. The van der Waals surface area contributed by atoms with Crippen molar-refractivity contribution in [2.24, 2.45) is 0 Å². The van der Waals surface area contributed by atoms with Crippen LogP contribution in [0.2, 0.25) is 0 Å². The molecule has 3 aromatic carbocycles. The monoisotopic (exact) mass is 568 g/mol. The van der Waals surface area contributed by atoms with Gasteiger partial charge in [-0.05, 0) is 101 Å². The topological polar surface area (TPSA) is 107 Å². The highest BCUT2D eigenvalue weighted by atomic mass is 16.5. The number of tetrazole rings is 1. The largest absolute Gasteiger partial charge is 0.497 e. The third kappa shape index (κ3) is 6.60. The van der Waals surface area contributed by atoms with E-state index in [1.807, 2.05) is 61.5 Å². The van der Waals surface area contributed by atoms with Crippen molar-refractivity contribution in [3.05, 3.63) is 105 Å². The lowest BCUT2D eigenvalue weighted by Crippen LogP contribution is -2.30. The third-order valence-electron chi connectivity index (χ3n) is 7.56. The van der Waals surface area contributed by atoms with Gasteiger partial charge in [0.25, 0.3) is 5.56 Å². The number of benzene rings is 3. The Labute approximate surface area is 244 Å². The van der Waals surface area contributed by atoms with E-state index in [2.05, 4.69) is 38.4 Å². The molecular weight excluding hydrogens is 532 g/mol. The van der Waals surface area contributed by atoms with Crippen molar-refractivity contribution in [3.63, 3.8) is 0 Å². The molecule has 218 valence electrons. The van der Waals surface area contributed by atoms with Crippen LogP contribution < -0.4 is 19.8 Å². The van der Waals surface area contributed by atoms with Gasteiger partial charge in [-0.15, -0.1) is 5.10 Å². The Morgan fingerprint density at radius 3 is 2.31 bits per heavy atom. The maximum atomic E-state index is 13.2. The molecule has 2 heterocycles. The molecule has 0 unspecified atom stereocenters. The molecule has 42 heavy (non-hydrogen) atoms. The molecule has 1 N–H and O–H groups in total. The van der Waals surface area contributed by atoms with Crippen LogP contribution >= 0.6 is 0 Å². The summed E-state index contributed by atoms with van der Waals surface area (Å²) >= 11 is 0. The number of methoxy groups -OCH3 is 3. The van der Waals surface area contributed by atoms with Crippen LogP contribution in [-0.2, 0) is 26.1 Å². The van der Waals surface area contributed by atoms with E-state index in [-0.39, 0.29) is 5.56 Å². The fourth-order valence-electron chi connectivity index (χ4n) is 4.98. The van der Waals surface area contributed by atoms with Crippen LogP contribution in [0.3, 0.4) is 0 Å². The average molecular weight is 569 g/mol. The summed E-state index contributed by atoms with van der Waals surface area (Å²) in [6, 6.07) is 19.9. The average Bonchev–Trinajstić information content (AvgIpc) is 3.43. The summed E-state index contributed by atoms with van der Waals surface area (Å²) in [5, 5.41) is 13.6. The number of hydrogen-bond donors (Lipinski definition) is 1. The molecule has 10 heteroatoms. The maximum Gasteiger partial charge on any atom is 0.252 e. The number of H-pyrrole nitrogens is 1. The van der Waals surface area contributed by atoms with Crippen LogP contribution in [0.1, 0.15) is 33.6 Å². The Morgan fingerprint density at radius 1 is 0.833 bits per heavy atom. The molecule has 0 bridgehead atoms. The molecule has 0 fully saturated rings. The van der Waals surface area contributed by atoms with Crippen molar-refractivity contribution >= 4 is 10.9 Å². The van der Waals surface area contributed by atoms with Gasteiger partial charge in [0, 0.05) is 24.2 Å². The second kappa shape index (κ2) is 12.9. The zero-order valence-electron chi connectivity index (χ0n) is 24.7. The molecule has 0 spiro atoms. The minimum absolute atomic E-state index is 0.0975. The van der Waals surface area contributed by atoms with Crippen LogP contribution in [0.15, 0.2) is 65.5 Å². The smallest absolute Gasteiger partial charge is 0.252 e. The fourth-order valence-corrected chi connectivity index (χ4v) is 4.98. The number of nitrogens with zero attached hydrogens (tertiary/aromatic N) is 5. The first-order chi connectivity index (χ1) is 20.4. The highest BCUT2D eigenvalue weighted by molar-refractivity contribution is 5.80. The molecule has 10 nitrogen and oxygen atoms in total. The van der Waals surface area contributed by atoms with Crippen molar-refractivity contribution in [2.45, 2.75) is 39.9 Å². The van der Waals surface area contributed by atoms with Gasteiger partial charge in [0.05, 0.1) is 34.4 Å². The predicted molar refractivity (Wildman–Crippen MR) is 161 cm³/mol. The van der Waals surface area contributed by atoms with Crippen LogP contribution in [-0.4, -0.2) is 58.0 Å². The second-order valence-corrected chi connectivity index (χ2v) is 10.4. The van der Waals surface area contributed by atoms with Crippen molar-refractivity contribution in [1.82, 2.24) is 30.1 Å². The molecule has 0 aliphatic heterocycles. The van der Waals surface area contributed by atoms with Gasteiger partial charge in [-0.25, -0.2) is 4.68 Å². The lowest BCUT2D eigenvalue weighted by atomic mass is 10.0. The first-order valence-corrected chi connectivity index (χ1v) is 13.8. The van der Waals surface area contributed by atoms with E-state index < -0.39 is 0 Å². The summed E-state index contributed by atoms with van der Waals surface area (Å²) in [6.07, 6.45) is 0.726. The molecule has 5 rings (SSSR count). The molecule has 0 amide bonds. The number of hydrogen-bond acceptors (Lipinski definition) is 8. The summed E-state index contributed by atoms with van der Waals surface area (Å²) in [5.41, 5.74) is 5.90. The van der Waals surface area contributed by atoms with Crippen molar-refractivity contribution < 1.29 is 14.2 Å². The lowest BCUT2D eigenvalue weighted by molar-refractivity contribution is 0.247. The standard InChI is InChI=1S/C32H36N6O4/c1-21-14-25-17-26(32(39)33-28(25)15-22(21)2)19-37(13-12-23-8-11-29(41-4)30(16-23)42-5)20-31-34-35-36-38(31)18-24-6-9-27(40-3)10-7-24/h6-11,14-17H,12-13,18-20H2,1-5H3,(H,33,39). The van der Waals surface area contributed by atoms with E-state index in [0.29, 0.717) is 49.1 Å². The SMILES string of the molecule is COc1ccc(Cn2nnnc2CN(CCc2ccc(OC)c(OC)c2)Cc2cc3cc(C)c(C)cc3[nH]c2=O)cc1. The number of fused-ring (bicyclic) bond motifs is 1. The molecule has 0 aliphatic rings. The van der Waals surface area contributed by atoms with Gasteiger partial charge < -0.3 is 19.2 Å². The van der Waals surface area contributed by atoms with Gasteiger partial charge >= 0.3 is 0 Å². The zero-order valence-corrected chi connectivity index (χ0v) is 24.7. The molecule has 0 radical (unpaired) electrons. The van der Waals surface area contributed by atoms with Gasteiger partial charge in [-0.2, -0.15) is 0 Å². The minimum Gasteiger partial charge on any atom is -0.497 e. The van der Waals surface area contributed by atoms with Gasteiger partial charge in [-0.1, -0.05) is 18.2 Å². The normalized spacial score (nSPS) is 11.3. The Morgan fingerprint density at radius 2 is 1.57 bits per heavy atom. The molecule has 0 saturated carbocycles. The summed E-state index contributed by atoms with van der Waals surface area (Å²) in [6.45, 7) is 6.20. The third-order valence-corrected chi connectivity index (χ3v) is 7.56. The van der Waals surface area contributed by atoms with E-state index >= 15 is 0 Å². The van der Waals surface area contributed by atoms with Crippen molar-refractivity contribution in [3.8, 4) is 17.2 Å². The zero-order chi connectivity index (χ0) is 29.6. The Balaban J connectivity index is 1.42. The van der Waals surface area contributed by atoms with Gasteiger partial charge in [-0.3, -0.25) is 9.69 Å². The minimum atomic E-state index is -0.0975. The summed E-state index contributed by atoms with van der Waals surface area (Å²) < 4.78 is 18.0. The van der Waals surface area contributed by atoms with E-state index in [1.54, 1.807) is 26.0 Å². The van der Waals surface area contributed by atoms with E-state index in [0.717, 1.165) is 39.8 Å². The molecule has 0 atom stereocenters. The first-order valence-electron chi connectivity index (χ1n) is 13.8. The van der Waals surface area contributed by atoms with Gasteiger partial charge in [0.15, 0.2) is 17.3 Å². The number of aromatic amines is 1. The van der Waals surface area contributed by atoms with Crippen LogP contribution in [0.5, 0.6) is 17.2 Å². The fraction of sp³-hybridized carbons (Fsp3) is 0.312. The van der Waals surface area contributed by atoms with Crippen molar-refractivity contribution in [1.29, 1.82) is 0 Å². The van der Waals surface area contributed by atoms with E-state index in [4.69, 9.17) is 14.2 Å². The number of ether oxygens (including phenoxy) is 3. The summed E-state index contributed by atoms with van der Waals surface area (Å²) in [5.74, 6) is 2.87. The van der Waals surface area contributed by atoms with Gasteiger partial charge in [0.1, 0.15) is 5.75 Å². The van der Waals surface area contributed by atoms with E-state index in [9.17, 15) is 4.79 Å². The lowest BCUT2D eigenvalue weighted by Gasteiger charge is -2.22. The van der Waals surface area contributed by atoms with Gasteiger partial charge in [0.2, 0.25) is 0 Å². The quantitative estimate of drug-likeness (QED) is 0.235. The number of aryl methyl sites for hydroxylation is 2. The summed E-state index contributed by atoms with van der Waals surface area (Å²) in [7, 11) is 4.90. The Bertz CT molecular complexity index is 1730.